The summed E-state index contributed by atoms with van der Waals surface area (Å²) in [4.78, 5) is 35.6. The highest BCUT2D eigenvalue weighted by Crippen LogP contribution is 2.15. The van der Waals surface area contributed by atoms with Crippen molar-refractivity contribution in [2.24, 2.45) is 7.05 Å². The first-order valence-corrected chi connectivity index (χ1v) is 7.20. The Hall–Kier alpha value is -2.77. The molecule has 0 spiro atoms. The third-order valence-corrected chi connectivity index (χ3v) is 3.37. The van der Waals surface area contributed by atoms with Crippen molar-refractivity contribution in [3.05, 3.63) is 35.3 Å². The molecule has 1 aliphatic heterocycles. The van der Waals surface area contributed by atoms with Crippen LogP contribution in [0.15, 0.2) is 29.6 Å². The Labute approximate surface area is 133 Å². The lowest BCUT2D eigenvalue weighted by atomic mass is 10.0. The molecule has 0 saturated carbocycles. The average Bonchev–Trinajstić information content (AvgIpc) is 2.90. The zero-order valence-electron chi connectivity index (χ0n) is 13.2. The molecule has 124 valence electrons. The summed E-state index contributed by atoms with van der Waals surface area (Å²) in [5, 5.41) is 5.07. The number of rotatable bonds is 5. The van der Waals surface area contributed by atoms with Gasteiger partial charge in [0.1, 0.15) is 12.3 Å². The average molecular weight is 321 g/mol. The maximum absolute atomic E-state index is 12.0. The highest BCUT2D eigenvalue weighted by atomic mass is 16.5. The Morgan fingerprint density at radius 3 is 2.65 bits per heavy atom. The van der Waals surface area contributed by atoms with Crippen LogP contribution >= 0.6 is 0 Å². The van der Waals surface area contributed by atoms with E-state index in [4.69, 9.17) is 9.47 Å². The van der Waals surface area contributed by atoms with E-state index >= 15 is 0 Å². The summed E-state index contributed by atoms with van der Waals surface area (Å²) in [7, 11) is 1.72. The van der Waals surface area contributed by atoms with Crippen molar-refractivity contribution in [2.45, 2.75) is 19.9 Å². The molecule has 0 radical (unpaired) electrons. The van der Waals surface area contributed by atoms with Gasteiger partial charge in [-0.2, -0.15) is 0 Å². The summed E-state index contributed by atoms with van der Waals surface area (Å²) >= 11 is 0. The van der Waals surface area contributed by atoms with Gasteiger partial charge in [0.15, 0.2) is 0 Å². The normalized spacial score (nSPS) is 17.3. The van der Waals surface area contributed by atoms with Crippen LogP contribution in [0.1, 0.15) is 24.3 Å². The second-order valence-corrected chi connectivity index (χ2v) is 5.01. The number of hydrogen-bond acceptors (Lipinski definition) is 5. The van der Waals surface area contributed by atoms with E-state index in [9.17, 15) is 14.4 Å². The van der Waals surface area contributed by atoms with Crippen molar-refractivity contribution in [3.63, 3.8) is 0 Å². The number of carbonyl (C=O) groups is 3. The maximum atomic E-state index is 12.0. The van der Waals surface area contributed by atoms with Crippen molar-refractivity contribution in [2.75, 3.05) is 13.2 Å². The van der Waals surface area contributed by atoms with Gasteiger partial charge in [-0.1, -0.05) is 0 Å². The summed E-state index contributed by atoms with van der Waals surface area (Å²) in [5.41, 5.74) is 0.838. The van der Waals surface area contributed by atoms with Crippen LogP contribution in [0.2, 0.25) is 0 Å². The Morgan fingerprint density at radius 1 is 1.30 bits per heavy atom. The van der Waals surface area contributed by atoms with Crippen molar-refractivity contribution in [1.82, 2.24) is 15.2 Å². The van der Waals surface area contributed by atoms with Gasteiger partial charge in [0.25, 0.3) is 0 Å². The quantitative estimate of drug-likeness (QED) is 0.778. The molecule has 1 unspecified atom stereocenters. The standard InChI is InChI=1S/C15H19N3O5/c1-4-22-14(20)12-9(2)16-15(21)17-10(12)8-23-13(19)11-6-5-7-18(11)3/h5-7,9H,4,8H2,1-3H3,(H2,16,17,21). The minimum atomic E-state index is -0.558. The molecule has 23 heavy (non-hydrogen) atoms. The first-order chi connectivity index (χ1) is 10.9. The summed E-state index contributed by atoms with van der Waals surface area (Å²) in [6, 6.07) is 2.34. The lowest BCUT2D eigenvalue weighted by Gasteiger charge is -2.26. The molecule has 0 aliphatic carbocycles. The lowest BCUT2D eigenvalue weighted by Crippen LogP contribution is -2.50. The summed E-state index contributed by atoms with van der Waals surface area (Å²) in [6.07, 6.45) is 1.72. The Kier molecular flexibility index (Phi) is 5.05. The number of hydrogen-bond donors (Lipinski definition) is 2. The van der Waals surface area contributed by atoms with E-state index in [0.29, 0.717) is 5.69 Å². The van der Waals surface area contributed by atoms with Crippen LogP contribution in [0.4, 0.5) is 4.79 Å². The highest BCUT2D eigenvalue weighted by Gasteiger charge is 2.30. The van der Waals surface area contributed by atoms with Crippen LogP contribution in [0.5, 0.6) is 0 Å². The molecule has 1 aromatic heterocycles. The van der Waals surface area contributed by atoms with Crippen LogP contribution in [0.3, 0.4) is 0 Å². The van der Waals surface area contributed by atoms with Gasteiger partial charge in [0.05, 0.1) is 23.9 Å². The molecule has 2 rings (SSSR count). The lowest BCUT2D eigenvalue weighted by molar-refractivity contribution is -0.139. The van der Waals surface area contributed by atoms with Crippen molar-refractivity contribution >= 4 is 18.0 Å². The predicted molar refractivity (Wildman–Crippen MR) is 80.5 cm³/mol. The fraction of sp³-hybridized carbons (Fsp3) is 0.400. The van der Waals surface area contributed by atoms with Crippen LogP contribution in [0.25, 0.3) is 0 Å². The zero-order chi connectivity index (χ0) is 17.0. The van der Waals surface area contributed by atoms with Gasteiger partial charge in [-0.3, -0.25) is 0 Å². The number of urea groups is 1. The molecule has 1 aliphatic rings. The van der Waals surface area contributed by atoms with Gasteiger partial charge in [0.2, 0.25) is 0 Å². The fourth-order valence-electron chi connectivity index (χ4n) is 2.28. The van der Waals surface area contributed by atoms with E-state index in [1.807, 2.05) is 0 Å². The molecule has 1 atom stereocenters. The van der Waals surface area contributed by atoms with E-state index in [0.717, 1.165) is 0 Å². The molecule has 2 N–H and O–H groups in total. The van der Waals surface area contributed by atoms with Crippen LogP contribution in [-0.4, -0.2) is 41.8 Å². The van der Waals surface area contributed by atoms with Crippen molar-refractivity contribution < 1.29 is 23.9 Å². The minimum Gasteiger partial charge on any atom is -0.463 e. The fourth-order valence-corrected chi connectivity index (χ4v) is 2.28. The minimum absolute atomic E-state index is 0.208. The molecule has 2 heterocycles. The molecular weight excluding hydrogens is 302 g/mol. The molecule has 0 fully saturated rings. The smallest absolute Gasteiger partial charge is 0.355 e. The molecule has 8 nitrogen and oxygen atoms in total. The maximum Gasteiger partial charge on any atom is 0.355 e. The Bertz CT molecular complexity index is 662. The Morgan fingerprint density at radius 2 is 2.04 bits per heavy atom. The first-order valence-electron chi connectivity index (χ1n) is 7.20. The highest BCUT2D eigenvalue weighted by molar-refractivity contribution is 5.95. The SMILES string of the molecule is CCOC(=O)C1=C(COC(=O)c2cccn2C)NC(=O)NC1C. The number of esters is 2. The first kappa shape index (κ1) is 16.6. The molecule has 1 aromatic rings. The molecule has 0 saturated heterocycles. The van der Waals surface area contributed by atoms with Gasteiger partial charge in [0, 0.05) is 13.2 Å². The third kappa shape index (κ3) is 3.71. The van der Waals surface area contributed by atoms with Crippen LogP contribution < -0.4 is 10.6 Å². The number of nitrogens with one attached hydrogen (secondary N) is 2. The van der Waals surface area contributed by atoms with Crippen molar-refractivity contribution in [1.29, 1.82) is 0 Å². The number of amides is 2. The molecule has 8 heteroatoms. The van der Waals surface area contributed by atoms with E-state index in [1.54, 1.807) is 43.8 Å². The van der Waals surface area contributed by atoms with Gasteiger partial charge in [-0.25, -0.2) is 14.4 Å². The third-order valence-electron chi connectivity index (χ3n) is 3.37. The topological polar surface area (TPSA) is 98.7 Å². The van der Waals surface area contributed by atoms with Crippen molar-refractivity contribution in [3.8, 4) is 0 Å². The van der Waals surface area contributed by atoms with E-state index in [2.05, 4.69) is 10.6 Å². The molecule has 0 bridgehead atoms. The summed E-state index contributed by atoms with van der Waals surface area (Å²) in [6.45, 7) is 3.33. The van der Waals surface area contributed by atoms with Gasteiger partial charge < -0.3 is 24.7 Å². The number of aryl methyl sites for hydroxylation is 1. The Balaban J connectivity index is 2.17. The number of aromatic nitrogens is 1. The van der Waals surface area contributed by atoms with Gasteiger partial charge in [-0.15, -0.1) is 0 Å². The van der Waals surface area contributed by atoms with Crippen LogP contribution in [0, 0.1) is 0 Å². The zero-order valence-corrected chi connectivity index (χ0v) is 13.2. The summed E-state index contributed by atoms with van der Waals surface area (Å²) in [5.74, 6) is -1.11. The monoisotopic (exact) mass is 321 g/mol. The van der Waals surface area contributed by atoms with Gasteiger partial charge in [-0.05, 0) is 26.0 Å². The molecular formula is C15H19N3O5. The summed E-state index contributed by atoms with van der Waals surface area (Å²) < 4.78 is 11.8. The molecule has 0 aromatic carbocycles. The van der Waals surface area contributed by atoms with E-state index < -0.39 is 24.0 Å². The molecule has 2 amide bonds. The van der Waals surface area contributed by atoms with E-state index in [1.165, 1.54) is 0 Å². The number of carbonyl (C=O) groups excluding carboxylic acids is 3. The second-order valence-electron chi connectivity index (χ2n) is 5.01. The number of nitrogens with zero attached hydrogens (tertiary/aromatic N) is 1. The number of ether oxygens (including phenoxy) is 2. The van der Waals surface area contributed by atoms with E-state index in [-0.39, 0.29) is 24.5 Å². The second kappa shape index (κ2) is 6.99. The predicted octanol–water partition coefficient (Wildman–Crippen LogP) is 0.700. The van der Waals surface area contributed by atoms with Gasteiger partial charge >= 0.3 is 18.0 Å². The van der Waals surface area contributed by atoms with Crippen LogP contribution in [-0.2, 0) is 21.3 Å². The largest absolute Gasteiger partial charge is 0.463 e.